The first-order chi connectivity index (χ1) is 8.69. The topological polar surface area (TPSA) is 60.2 Å². The van der Waals surface area contributed by atoms with Gasteiger partial charge in [0.1, 0.15) is 5.82 Å². The molecule has 0 aliphatic rings. The number of ether oxygens (including phenoxy) is 1. The largest absolute Gasteiger partial charge is 0.478 e. The molecule has 1 rings (SSSR count). The maximum atomic E-state index is 5.89. The Labute approximate surface area is 110 Å². The van der Waals surface area contributed by atoms with E-state index in [1.807, 2.05) is 25.1 Å². The lowest BCUT2D eigenvalue weighted by Crippen LogP contribution is -2.36. The minimum Gasteiger partial charge on any atom is -0.478 e. The molecule has 0 aromatic carbocycles. The SMILES string of the molecule is CCOc1cccc(NCC(CC)(CC)CN)n1. The van der Waals surface area contributed by atoms with Crippen LogP contribution in [0.15, 0.2) is 18.2 Å². The maximum absolute atomic E-state index is 5.89. The van der Waals surface area contributed by atoms with Gasteiger partial charge in [0, 0.05) is 12.6 Å². The first kappa shape index (κ1) is 14.8. The highest BCUT2D eigenvalue weighted by Gasteiger charge is 2.24. The molecule has 4 heteroatoms. The second-order valence-corrected chi connectivity index (χ2v) is 4.56. The van der Waals surface area contributed by atoms with Crippen LogP contribution in [-0.4, -0.2) is 24.7 Å². The highest BCUT2D eigenvalue weighted by Crippen LogP contribution is 2.25. The first-order valence-corrected chi connectivity index (χ1v) is 6.73. The van der Waals surface area contributed by atoms with E-state index >= 15 is 0 Å². The zero-order valence-corrected chi connectivity index (χ0v) is 11.7. The fourth-order valence-electron chi connectivity index (χ4n) is 1.88. The number of nitrogens with zero attached hydrogens (tertiary/aromatic N) is 1. The smallest absolute Gasteiger partial charge is 0.215 e. The summed E-state index contributed by atoms with van der Waals surface area (Å²) in [7, 11) is 0. The van der Waals surface area contributed by atoms with Gasteiger partial charge in [0.2, 0.25) is 5.88 Å². The lowest BCUT2D eigenvalue weighted by atomic mass is 9.82. The molecule has 18 heavy (non-hydrogen) atoms. The Kier molecular flexibility index (Phi) is 5.92. The number of hydrogen-bond acceptors (Lipinski definition) is 4. The molecule has 0 spiro atoms. The molecule has 1 heterocycles. The average molecular weight is 251 g/mol. The predicted molar refractivity (Wildman–Crippen MR) is 76.0 cm³/mol. The number of aromatic nitrogens is 1. The number of pyridine rings is 1. The van der Waals surface area contributed by atoms with Crippen LogP contribution in [0, 0.1) is 5.41 Å². The average Bonchev–Trinajstić information content (AvgIpc) is 2.42. The van der Waals surface area contributed by atoms with Gasteiger partial charge < -0.3 is 15.8 Å². The van der Waals surface area contributed by atoms with E-state index in [0.717, 1.165) is 25.2 Å². The van der Waals surface area contributed by atoms with Crippen molar-refractivity contribution in [3.05, 3.63) is 18.2 Å². The summed E-state index contributed by atoms with van der Waals surface area (Å²) in [5.74, 6) is 1.51. The lowest BCUT2D eigenvalue weighted by molar-refractivity contribution is 0.294. The van der Waals surface area contributed by atoms with Crippen LogP contribution in [0.2, 0.25) is 0 Å². The molecule has 1 aromatic heterocycles. The van der Waals surface area contributed by atoms with Gasteiger partial charge in [-0.05, 0) is 37.8 Å². The Hall–Kier alpha value is -1.29. The van der Waals surface area contributed by atoms with Crippen LogP contribution >= 0.6 is 0 Å². The second kappa shape index (κ2) is 7.21. The van der Waals surface area contributed by atoms with Gasteiger partial charge in [-0.1, -0.05) is 19.9 Å². The molecule has 1 aromatic rings. The zero-order chi connectivity index (χ0) is 13.4. The van der Waals surface area contributed by atoms with Crippen LogP contribution in [0.3, 0.4) is 0 Å². The molecule has 3 N–H and O–H groups in total. The third-order valence-electron chi connectivity index (χ3n) is 3.59. The van der Waals surface area contributed by atoms with Gasteiger partial charge in [0.05, 0.1) is 6.61 Å². The van der Waals surface area contributed by atoms with Gasteiger partial charge >= 0.3 is 0 Å². The number of nitrogens with one attached hydrogen (secondary N) is 1. The normalized spacial score (nSPS) is 11.3. The van der Waals surface area contributed by atoms with Crippen LogP contribution in [0.25, 0.3) is 0 Å². The molecular formula is C14H25N3O. The van der Waals surface area contributed by atoms with Crippen LogP contribution in [-0.2, 0) is 0 Å². The van der Waals surface area contributed by atoms with Crippen molar-refractivity contribution in [2.24, 2.45) is 11.1 Å². The highest BCUT2D eigenvalue weighted by atomic mass is 16.5. The summed E-state index contributed by atoms with van der Waals surface area (Å²) in [5, 5.41) is 3.37. The summed E-state index contributed by atoms with van der Waals surface area (Å²) in [4.78, 5) is 4.39. The molecule has 0 amide bonds. The molecule has 0 saturated heterocycles. The highest BCUT2D eigenvalue weighted by molar-refractivity contribution is 5.37. The quantitative estimate of drug-likeness (QED) is 0.745. The Balaban J connectivity index is 2.64. The maximum Gasteiger partial charge on any atom is 0.215 e. The lowest BCUT2D eigenvalue weighted by Gasteiger charge is -2.30. The minimum atomic E-state index is 0.156. The Bertz CT molecular complexity index is 342. The van der Waals surface area contributed by atoms with Crippen LogP contribution < -0.4 is 15.8 Å². The van der Waals surface area contributed by atoms with Crippen molar-refractivity contribution in [2.75, 3.05) is 25.0 Å². The molecule has 102 valence electrons. The Morgan fingerprint density at radius 2 is 2.00 bits per heavy atom. The molecule has 0 saturated carbocycles. The van der Waals surface area contributed by atoms with E-state index in [-0.39, 0.29) is 5.41 Å². The first-order valence-electron chi connectivity index (χ1n) is 6.73. The van der Waals surface area contributed by atoms with Gasteiger partial charge in [-0.3, -0.25) is 0 Å². The van der Waals surface area contributed by atoms with Gasteiger partial charge in [-0.2, -0.15) is 4.98 Å². The molecule has 0 fully saturated rings. The molecule has 0 aliphatic carbocycles. The van der Waals surface area contributed by atoms with Crippen molar-refractivity contribution in [1.82, 2.24) is 4.98 Å². The van der Waals surface area contributed by atoms with E-state index in [2.05, 4.69) is 24.1 Å². The number of nitrogens with two attached hydrogens (primary N) is 1. The van der Waals surface area contributed by atoms with Crippen molar-refractivity contribution in [3.63, 3.8) is 0 Å². The molecule has 4 nitrogen and oxygen atoms in total. The van der Waals surface area contributed by atoms with E-state index < -0.39 is 0 Å². The molecule has 0 radical (unpaired) electrons. The monoisotopic (exact) mass is 251 g/mol. The van der Waals surface area contributed by atoms with Crippen molar-refractivity contribution >= 4 is 5.82 Å². The van der Waals surface area contributed by atoms with Gasteiger partial charge in [0.25, 0.3) is 0 Å². The van der Waals surface area contributed by atoms with Crippen molar-refractivity contribution < 1.29 is 4.74 Å². The van der Waals surface area contributed by atoms with Crippen molar-refractivity contribution in [3.8, 4) is 5.88 Å². The van der Waals surface area contributed by atoms with Gasteiger partial charge in [-0.25, -0.2) is 0 Å². The van der Waals surface area contributed by atoms with Gasteiger partial charge in [-0.15, -0.1) is 0 Å². The van der Waals surface area contributed by atoms with Crippen LogP contribution in [0.1, 0.15) is 33.6 Å². The summed E-state index contributed by atoms with van der Waals surface area (Å²) >= 11 is 0. The summed E-state index contributed by atoms with van der Waals surface area (Å²) in [6, 6.07) is 5.77. The van der Waals surface area contributed by atoms with E-state index in [1.165, 1.54) is 0 Å². The fourth-order valence-corrected chi connectivity index (χ4v) is 1.88. The third kappa shape index (κ3) is 3.88. The number of rotatable bonds is 8. The molecule has 0 atom stereocenters. The standard InChI is InChI=1S/C14H25N3O/c1-4-14(5-2,10-15)11-16-12-8-7-9-13(17-12)18-6-3/h7-9H,4-6,10-11,15H2,1-3H3,(H,16,17). The Morgan fingerprint density at radius 1 is 1.28 bits per heavy atom. The summed E-state index contributed by atoms with van der Waals surface area (Å²) in [6.07, 6.45) is 2.14. The third-order valence-corrected chi connectivity index (χ3v) is 3.59. The minimum absolute atomic E-state index is 0.156. The summed E-state index contributed by atoms with van der Waals surface area (Å²) < 4.78 is 5.38. The molecule has 0 bridgehead atoms. The fraction of sp³-hybridized carbons (Fsp3) is 0.643. The second-order valence-electron chi connectivity index (χ2n) is 4.56. The summed E-state index contributed by atoms with van der Waals surface area (Å²) in [6.45, 7) is 8.49. The summed E-state index contributed by atoms with van der Waals surface area (Å²) in [5.41, 5.74) is 6.04. The Morgan fingerprint density at radius 3 is 2.56 bits per heavy atom. The predicted octanol–water partition coefficient (Wildman–Crippen LogP) is 2.66. The van der Waals surface area contributed by atoms with E-state index in [9.17, 15) is 0 Å². The van der Waals surface area contributed by atoms with E-state index in [4.69, 9.17) is 10.5 Å². The number of anilines is 1. The zero-order valence-electron chi connectivity index (χ0n) is 11.7. The molecular weight excluding hydrogens is 226 g/mol. The van der Waals surface area contributed by atoms with Gasteiger partial charge in [0.15, 0.2) is 0 Å². The number of hydrogen-bond donors (Lipinski definition) is 2. The van der Waals surface area contributed by atoms with Crippen LogP contribution in [0.4, 0.5) is 5.82 Å². The van der Waals surface area contributed by atoms with Crippen LogP contribution in [0.5, 0.6) is 5.88 Å². The van der Waals surface area contributed by atoms with Crippen molar-refractivity contribution in [2.45, 2.75) is 33.6 Å². The van der Waals surface area contributed by atoms with Crippen molar-refractivity contribution in [1.29, 1.82) is 0 Å². The molecule has 0 aliphatic heterocycles. The van der Waals surface area contributed by atoms with E-state index in [1.54, 1.807) is 0 Å². The van der Waals surface area contributed by atoms with E-state index in [0.29, 0.717) is 19.0 Å². The molecule has 0 unspecified atom stereocenters.